The van der Waals surface area contributed by atoms with E-state index in [-0.39, 0.29) is 19.0 Å². The number of methoxy groups -OCH3 is 1. The van der Waals surface area contributed by atoms with E-state index in [1.807, 2.05) is 24.3 Å². The van der Waals surface area contributed by atoms with Gasteiger partial charge < -0.3 is 20.1 Å². The number of hydrogen-bond donors (Lipinski definition) is 2. The topological polar surface area (TPSA) is 78.9 Å². The van der Waals surface area contributed by atoms with Gasteiger partial charge in [0.1, 0.15) is 5.75 Å². The monoisotopic (exact) mass is 280 g/mol. The maximum atomic E-state index is 11.7. The number of carbonyl (C=O) groups excluding carboxylic acids is 1. The lowest BCUT2D eigenvalue weighted by molar-refractivity contribution is -0.137. The Hall–Kier alpha value is -2.24. The normalized spacial score (nSPS) is 9.90. The van der Waals surface area contributed by atoms with Gasteiger partial charge in [-0.1, -0.05) is 12.1 Å². The summed E-state index contributed by atoms with van der Waals surface area (Å²) in [6.07, 6.45) is 0.634. The molecule has 0 aliphatic carbocycles. The van der Waals surface area contributed by atoms with Gasteiger partial charge in [-0.15, -0.1) is 0 Å². The molecule has 1 rings (SSSR count). The van der Waals surface area contributed by atoms with E-state index in [4.69, 9.17) is 9.84 Å². The Morgan fingerprint density at radius 1 is 1.40 bits per heavy atom. The number of carboxylic acids is 1. The van der Waals surface area contributed by atoms with E-state index in [2.05, 4.69) is 5.32 Å². The first-order chi connectivity index (χ1) is 9.52. The first kappa shape index (κ1) is 15.8. The molecule has 0 spiro atoms. The first-order valence-electron chi connectivity index (χ1n) is 6.36. The van der Waals surface area contributed by atoms with Crippen LogP contribution in [0.3, 0.4) is 0 Å². The third-order valence-electron chi connectivity index (χ3n) is 2.83. The van der Waals surface area contributed by atoms with Crippen molar-refractivity contribution in [3.8, 4) is 5.75 Å². The van der Waals surface area contributed by atoms with Gasteiger partial charge in [0.15, 0.2) is 0 Å². The van der Waals surface area contributed by atoms with Crippen LogP contribution in [0.25, 0.3) is 0 Å². The minimum Gasteiger partial charge on any atom is -0.497 e. The predicted octanol–water partition coefficient (Wildman–Crippen LogP) is 1.35. The number of carbonyl (C=O) groups is 2. The molecular formula is C14H20N2O4. The summed E-state index contributed by atoms with van der Waals surface area (Å²) in [5.74, 6) is -0.131. The van der Waals surface area contributed by atoms with Crippen molar-refractivity contribution in [1.82, 2.24) is 10.2 Å². The molecule has 1 aromatic rings. The van der Waals surface area contributed by atoms with Gasteiger partial charge in [0.2, 0.25) is 0 Å². The molecule has 0 aromatic heterocycles. The quantitative estimate of drug-likeness (QED) is 0.790. The van der Waals surface area contributed by atoms with E-state index in [9.17, 15) is 9.59 Å². The number of aliphatic carboxylic acids is 1. The molecular weight excluding hydrogens is 260 g/mol. The number of nitrogens with zero attached hydrogens (tertiary/aromatic N) is 1. The number of nitrogens with one attached hydrogen (secondary N) is 1. The molecule has 1 aromatic carbocycles. The van der Waals surface area contributed by atoms with E-state index in [0.29, 0.717) is 13.0 Å². The maximum absolute atomic E-state index is 11.7. The minimum absolute atomic E-state index is 0.0557. The second-order valence-electron chi connectivity index (χ2n) is 4.40. The summed E-state index contributed by atoms with van der Waals surface area (Å²) in [6, 6.07) is 7.37. The average Bonchev–Trinajstić information content (AvgIpc) is 2.44. The molecule has 6 heteroatoms. The van der Waals surface area contributed by atoms with Crippen molar-refractivity contribution >= 4 is 12.0 Å². The van der Waals surface area contributed by atoms with Gasteiger partial charge in [0.05, 0.1) is 13.5 Å². The molecule has 0 bridgehead atoms. The predicted molar refractivity (Wildman–Crippen MR) is 75.0 cm³/mol. The van der Waals surface area contributed by atoms with Crippen LogP contribution in [0.4, 0.5) is 4.79 Å². The van der Waals surface area contributed by atoms with Gasteiger partial charge in [-0.2, -0.15) is 0 Å². The van der Waals surface area contributed by atoms with Crippen LogP contribution in [-0.2, 0) is 11.2 Å². The van der Waals surface area contributed by atoms with Gasteiger partial charge in [0, 0.05) is 20.1 Å². The lowest BCUT2D eigenvalue weighted by Crippen LogP contribution is -2.39. The van der Waals surface area contributed by atoms with E-state index in [1.54, 1.807) is 14.2 Å². The zero-order valence-corrected chi connectivity index (χ0v) is 11.8. The molecule has 0 unspecified atom stereocenters. The molecule has 2 amide bonds. The lowest BCUT2D eigenvalue weighted by Gasteiger charge is -2.16. The number of amides is 2. The standard InChI is InChI=1S/C14H20N2O4/c1-16(9-7-13(17)18)14(19)15-8-6-11-4-3-5-12(10-11)20-2/h3-5,10H,6-9H2,1-2H3,(H,15,19)(H,17,18). The summed E-state index contributed by atoms with van der Waals surface area (Å²) < 4.78 is 5.12. The average molecular weight is 280 g/mol. The summed E-state index contributed by atoms with van der Waals surface area (Å²) in [5, 5.41) is 11.3. The molecule has 110 valence electrons. The summed E-state index contributed by atoms with van der Waals surface area (Å²) in [6.45, 7) is 0.684. The maximum Gasteiger partial charge on any atom is 0.317 e. The Morgan fingerprint density at radius 3 is 2.80 bits per heavy atom. The van der Waals surface area contributed by atoms with E-state index in [1.165, 1.54) is 4.90 Å². The molecule has 0 fully saturated rings. The third-order valence-corrected chi connectivity index (χ3v) is 2.83. The zero-order valence-electron chi connectivity index (χ0n) is 11.8. The Balaban J connectivity index is 2.32. The van der Waals surface area contributed by atoms with Crippen LogP contribution < -0.4 is 10.1 Å². The van der Waals surface area contributed by atoms with Crippen LogP contribution in [-0.4, -0.2) is 49.3 Å². The smallest absolute Gasteiger partial charge is 0.317 e. The van der Waals surface area contributed by atoms with Crippen molar-refractivity contribution in [1.29, 1.82) is 0 Å². The van der Waals surface area contributed by atoms with Crippen molar-refractivity contribution < 1.29 is 19.4 Å². The number of ether oxygens (including phenoxy) is 1. The highest BCUT2D eigenvalue weighted by molar-refractivity contribution is 5.74. The molecule has 0 heterocycles. The molecule has 0 aliphatic heterocycles. The lowest BCUT2D eigenvalue weighted by atomic mass is 10.1. The minimum atomic E-state index is -0.916. The van der Waals surface area contributed by atoms with Crippen LogP contribution in [0.1, 0.15) is 12.0 Å². The fourth-order valence-electron chi connectivity index (χ4n) is 1.64. The number of carboxylic acid groups (broad SMARTS) is 1. The summed E-state index contributed by atoms with van der Waals surface area (Å²) in [4.78, 5) is 23.4. The Morgan fingerprint density at radius 2 is 2.15 bits per heavy atom. The number of rotatable bonds is 7. The highest BCUT2D eigenvalue weighted by Crippen LogP contribution is 2.12. The summed E-state index contributed by atoms with van der Waals surface area (Å²) >= 11 is 0. The van der Waals surface area contributed by atoms with Gasteiger partial charge in [-0.05, 0) is 24.1 Å². The second kappa shape index (κ2) is 8.04. The Labute approximate surface area is 118 Å². The molecule has 20 heavy (non-hydrogen) atoms. The van der Waals surface area contributed by atoms with Crippen molar-refractivity contribution in [2.45, 2.75) is 12.8 Å². The van der Waals surface area contributed by atoms with Gasteiger partial charge in [-0.3, -0.25) is 4.79 Å². The molecule has 0 aliphatic rings. The molecule has 0 saturated carbocycles. The van der Waals surface area contributed by atoms with Gasteiger partial charge in [0.25, 0.3) is 0 Å². The van der Waals surface area contributed by atoms with Crippen LogP contribution in [0.15, 0.2) is 24.3 Å². The van der Waals surface area contributed by atoms with Crippen molar-refractivity contribution in [3.63, 3.8) is 0 Å². The fourth-order valence-corrected chi connectivity index (χ4v) is 1.64. The molecule has 0 saturated heterocycles. The number of benzene rings is 1. The zero-order chi connectivity index (χ0) is 15.0. The summed E-state index contributed by atoms with van der Waals surface area (Å²) in [5.41, 5.74) is 1.07. The molecule has 2 N–H and O–H groups in total. The summed E-state index contributed by atoms with van der Waals surface area (Å²) in [7, 11) is 3.18. The van der Waals surface area contributed by atoms with E-state index in [0.717, 1.165) is 11.3 Å². The fraction of sp³-hybridized carbons (Fsp3) is 0.429. The largest absolute Gasteiger partial charge is 0.497 e. The third kappa shape index (κ3) is 5.60. The number of urea groups is 1. The van der Waals surface area contributed by atoms with E-state index < -0.39 is 5.97 Å². The Bertz CT molecular complexity index is 462. The first-order valence-corrected chi connectivity index (χ1v) is 6.36. The van der Waals surface area contributed by atoms with Crippen molar-refractivity contribution in [2.24, 2.45) is 0 Å². The molecule has 6 nitrogen and oxygen atoms in total. The van der Waals surface area contributed by atoms with E-state index >= 15 is 0 Å². The van der Waals surface area contributed by atoms with Gasteiger partial charge in [-0.25, -0.2) is 4.79 Å². The van der Waals surface area contributed by atoms with Crippen LogP contribution in [0.5, 0.6) is 5.75 Å². The highest BCUT2D eigenvalue weighted by atomic mass is 16.5. The van der Waals surface area contributed by atoms with Crippen LogP contribution >= 0.6 is 0 Å². The van der Waals surface area contributed by atoms with Crippen molar-refractivity contribution in [3.05, 3.63) is 29.8 Å². The van der Waals surface area contributed by atoms with Crippen LogP contribution in [0, 0.1) is 0 Å². The number of hydrogen-bond acceptors (Lipinski definition) is 3. The second-order valence-corrected chi connectivity index (χ2v) is 4.40. The van der Waals surface area contributed by atoms with Gasteiger partial charge >= 0.3 is 12.0 Å². The SMILES string of the molecule is COc1cccc(CCNC(=O)N(C)CCC(=O)O)c1. The van der Waals surface area contributed by atoms with Crippen LogP contribution in [0.2, 0.25) is 0 Å². The highest BCUT2D eigenvalue weighted by Gasteiger charge is 2.09. The molecule has 0 atom stereocenters. The molecule has 0 radical (unpaired) electrons. The Kier molecular flexibility index (Phi) is 6.36. The van der Waals surface area contributed by atoms with Crippen molar-refractivity contribution in [2.75, 3.05) is 27.2 Å².